The maximum Gasteiger partial charge on any atom is 0.319 e. The van der Waals surface area contributed by atoms with Crippen LogP contribution in [-0.2, 0) is 0 Å². The Morgan fingerprint density at radius 3 is 2.71 bits per heavy atom. The maximum absolute atomic E-state index is 12.2. The first kappa shape index (κ1) is 17.1. The molecule has 2 saturated carbocycles. The molecule has 3 N–H and O–H groups in total. The molecule has 0 heterocycles. The molecule has 132 valence electrons. The molecule has 2 atom stereocenters. The minimum absolute atomic E-state index is 0.211. The van der Waals surface area contributed by atoms with E-state index in [4.69, 9.17) is 4.74 Å². The number of aliphatic hydroxyl groups is 1. The summed E-state index contributed by atoms with van der Waals surface area (Å²) in [5.41, 5.74) is 0.713. The van der Waals surface area contributed by atoms with Crippen LogP contribution in [0.2, 0.25) is 0 Å². The number of para-hydroxylation sites is 2. The lowest BCUT2D eigenvalue weighted by Gasteiger charge is -2.26. The van der Waals surface area contributed by atoms with Gasteiger partial charge in [0.15, 0.2) is 0 Å². The molecule has 1 aromatic carbocycles. The van der Waals surface area contributed by atoms with Crippen LogP contribution in [-0.4, -0.2) is 29.9 Å². The fraction of sp³-hybridized carbons (Fsp3) is 0.632. The van der Waals surface area contributed by atoms with Gasteiger partial charge in [0.1, 0.15) is 5.75 Å². The minimum Gasteiger partial charge on any atom is -0.488 e. The highest BCUT2D eigenvalue weighted by Gasteiger charge is 2.21. The second-order valence-corrected chi connectivity index (χ2v) is 7.04. The van der Waals surface area contributed by atoms with Gasteiger partial charge in [-0.25, -0.2) is 4.79 Å². The zero-order chi connectivity index (χ0) is 16.8. The van der Waals surface area contributed by atoms with Gasteiger partial charge < -0.3 is 20.5 Å². The molecule has 2 aliphatic rings. The molecule has 24 heavy (non-hydrogen) atoms. The standard InChI is InChI=1S/C19H28N2O3/c22-15-7-5-6-14(12-15)13-20-19(23)21-17-10-3-4-11-18(17)24-16-8-1-2-9-16/h3-4,10-11,14-16,22H,1-2,5-9,12-13H2,(H2,20,21,23). The predicted molar refractivity (Wildman–Crippen MR) is 94.3 cm³/mol. The molecule has 0 bridgehead atoms. The van der Waals surface area contributed by atoms with Crippen molar-refractivity contribution in [3.05, 3.63) is 24.3 Å². The van der Waals surface area contributed by atoms with Gasteiger partial charge in [0, 0.05) is 6.54 Å². The summed E-state index contributed by atoms with van der Waals surface area (Å²) in [7, 11) is 0. The number of benzene rings is 1. The van der Waals surface area contributed by atoms with Gasteiger partial charge in [-0.05, 0) is 63.0 Å². The number of urea groups is 1. The summed E-state index contributed by atoms with van der Waals surface area (Å²) in [6, 6.07) is 7.39. The van der Waals surface area contributed by atoms with Crippen molar-refractivity contribution in [1.82, 2.24) is 5.32 Å². The zero-order valence-corrected chi connectivity index (χ0v) is 14.2. The topological polar surface area (TPSA) is 70.6 Å². The molecule has 2 aliphatic carbocycles. The molecule has 0 spiro atoms. The third-order valence-corrected chi connectivity index (χ3v) is 5.04. The van der Waals surface area contributed by atoms with E-state index in [1.807, 2.05) is 24.3 Å². The van der Waals surface area contributed by atoms with Crippen LogP contribution < -0.4 is 15.4 Å². The van der Waals surface area contributed by atoms with Crippen molar-refractivity contribution < 1.29 is 14.6 Å². The fourth-order valence-electron chi connectivity index (χ4n) is 3.71. The first-order valence-electron chi connectivity index (χ1n) is 9.19. The minimum atomic E-state index is -0.214. The average molecular weight is 332 g/mol. The smallest absolute Gasteiger partial charge is 0.319 e. The molecule has 5 heteroatoms. The van der Waals surface area contributed by atoms with Crippen molar-refractivity contribution in [1.29, 1.82) is 0 Å². The van der Waals surface area contributed by atoms with E-state index in [2.05, 4.69) is 10.6 Å². The van der Waals surface area contributed by atoms with Gasteiger partial charge in [-0.15, -0.1) is 0 Å². The third kappa shape index (κ3) is 4.87. The van der Waals surface area contributed by atoms with Crippen molar-refractivity contribution >= 4 is 11.7 Å². The quantitative estimate of drug-likeness (QED) is 0.770. The molecule has 0 radical (unpaired) electrons. The Hall–Kier alpha value is -1.75. The fourth-order valence-corrected chi connectivity index (χ4v) is 3.71. The van der Waals surface area contributed by atoms with Crippen molar-refractivity contribution in [2.24, 2.45) is 5.92 Å². The first-order valence-corrected chi connectivity index (χ1v) is 9.19. The molecule has 0 saturated heterocycles. The van der Waals surface area contributed by atoms with E-state index in [1.54, 1.807) is 0 Å². The van der Waals surface area contributed by atoms with Gasteiger partial charge in [-0.2, -0.15) is 0 Å². The van der Waals surface area contributed by atoms with E-state index in [0.717, 1.165) is 44.3 Å². The Morgan fingerprint density at radius 1 is 1.12 bits per heavy atom. The Morgan fingerprint density at radius 2 is 1.92 bits per heavy atom. The number of rotatable bonds is 5. The van der Waals surface area contributed by atoms with Crippen LogP contribution in [0.15, 0.2) is 24.3 Å². The second kappa shape index (κ2) is 8.38. The van der Waals surface area contributed by atoms with Crippen LogP contribution in [0.25, 0.3) is 0 Å². The van der Waals surface area contributed by atoms with E-state index < -0.39 is 0 Å². The van der Waals surface area contributed by atoms with Gasteiger partial charge in [0.25, 0.3) is 0 Å². The highest BCUT2D eigenvalue weighted by Crippen LogP contribution is 2.29. The number of hydrogen-bond donors (Lipinski definition) is 3. The van der Waals surface area contributed by atoms with Crippen molar-refractivity contribution in [3.63, 3.8) is 0 Å². The SMILES string of the molecule is O=C(NCC1CCCC(O)C1)Nc1ccccc1OC1CCCC1. The van der Waals surface area contributed by atoms with E-state index in [0.29, 0.717) is 18.2 Å². The van der Waals surface area contributed by atoms with Crippen molar-refractivity contribution in [2.45, 2.75) is 63.6 Å². The van der Waals surface area contributed by atoms with Crippen LogP contribution in [0.5, 0.6) is 5.75 Å². The first-order chi connectivity index (χ1) is 11.7. The predicted octanol–water partition coefficient (Wildman–Crippen LogP) is 3.68. The molecule has 2 amide bonds. The zero-order valence-electron chi connectivity index (χ0n) is 14.2. The van der Waals surface area contributed by atoms with Crippen LogP contribution in [0.4, 0.5) is 10.5 Å². The number of carbonyl (C=O) groups excluding carboxylic acids is 1. The van der Waals surface area contributed by atoms with Gasteiger partial charge in [-0.1, -0.05) is 18.6 Å². The van der Waals surface area contributed by atoms with E-state index in [1.165, 1.54) is 12.8 Å². The third-order valence-electron chi connectivity index (χ3n) is 5.04. The van der Waals surface area contributed by atoms with Gasteiger partial charge in [0.2, 0.25) is 0 Å². The summed E-state index contributed by atoms with van der Waals surface area (Å²) in [6.07, 6.45) is 8.42. The summed E-state index contributed by atoms with van der Waals surface area (Å²) < 4.78 is 6.04. The molecule has 3 rings (SSSR count). The molecule has 1 aromatic rings. The van der Waals surface area contributed by atoms with Gasteiger partial charge in [0.05, 0.1) is 17.9 Å². The number of carbonyl (C=O) groups is 1. The lowest BCUT2D eigenvalue weighted by Crippen LogP contribution is -2.35. The van der Waals surface area contributed by atoms with Gasteiger partial charge in [-0.3, -0.25) is 0 Å². The van der Waals surface area contributed by atoms with Crippen LogP contribution in [0, 0.1) is 5.92 Å². The van der Waals surface area contributed by atoms with Crippen LogP contribution in [0.3, 0.4) is 0 Å². The van der Waals surface area contributed by atoms with E-state index >= 15 is 0 Å². The molecule has 0 aromatic heterocycles. The number of amides is 2. The Bertz CT molecular complexity index is 543. The average Bonchev–Trinajstić information content (AvgIpc) is 3.08. The summed E-state index contributed by atoms with van der Waals surface area (Å²) >= 11 is 0. The summed E-state index contributed by atoms with van der Waals surface area (Å²) in [4.78, 5) is 12.2. The molecule has 2 fully saturated rings. The lowest BCUT2D eigenvalue weighted by atomic mass is 9.87. The van der Waals surface area contributed by atoms with Gasteiger partial charge >= 0.3 is 6.03 Å². The van der Waals surface area contributed by atoms with Crippen LogP contribution in [0.1, 0.15) is 51.4 Å². The highest BCUT2D eigenvalue weighted by atomic mass is 16.5. The summed E-state index contributed by atoms with van der Waals surface area (Å²) in [5.74, 6) is 1.11. The molecular weight excluding hydrogens is 304 g/mol. The number of hydrogen-bond acceptors (Lipinski definition) is 3. The van der Waals surface area contributed by atoms with E-state index in [-0.39, 0.29) is 18.2 Å². The maximum atomic E-state index is 12.2. The molecule has 0 aliphatic heterocycles. The van der Waals surface area contributed by atoms with Crippen molar-refractivity contribution in [2.75, 3.05) is 11.9 Å². The number of anilines is 1. The van der Waals surface area contributed by atoms with Crippen molar-refractivity contribution in [3.8, 4) is 5.75 Å². The molecular formula is C19H28N2O3. The summed E-state index contributed by atoms with van der Waals surface area (Å²) in [5, 5.41) is 15.5. The Kier molecular flexibility index (Phi) is 5.96. The highest BCUT2D eigenvalue weighted by molar-refractivity contribution is 5.90. The second-order valence-electron chi connectivity index (χ2n) is 7.04. The molecule has 2 unspecified atom stereocenters. The Labute approximate surface area is 143 Å². The van der Waals surface area contributed by atoms with Crippen LogP contribution >= 0.6 is 0 Å². The molecule has 5 nitrogen and oxygen atoms in total. The Balaban J connectivity index is 1.50. The normalized spacial score (nSPS) is 24.5. The monoisotopic (exact) mass is 332 g/mol. The van der Waals surface area contributed by atoms with E-state index in [9.17, 15) is 9.90 Å². The lowest BCUT2D eigenvalue weighted by molar-refractivity contribution is 0.101. The summed E-state index contributed by atoms with van der Waals surface area (Å²) in [6.45, 7) is 0.606. The largest absolute Gasteiger partial charge is 0.488 e. The number of aliphatic hydroxyl groups excluding tert-OH is 1. The number of nitrogens with one attached hydrogen (secondary N) is 2. The number of ether oxygens (including phenoxy) is 1.